The molecule has 0 saturated heterocycles. The number of carbonyl (C=O) groups is 1. The molecule has 3 nitrogen and oxygen atoms in total. The fourth-order valence-electron chi connectivity index (χ4n) is 2.22. The summed E-state index contributed by atoms with van der Waals surface area (Å²) >= 11 is 3.06. The number of hydrogen-bond acceptors (Lipinski definition) is 4. The van der Waals surface area contributed by atoms with Crippen LogP contribution in [0, 0.1) is 5.82 Å². The summed E-state index contributed by atoms with van der Waals surface area (Å²) in [6, 6.07) is 14.2. The number of thioether (sulfide) groups is 1. The first-order valence-corrected chi connectivity index (χ1v) is 9.39. The Labute approximate surface area is 148 Å². The molecule has 0 bridgehead atoms. The zero-order chi connectivity index (χ0) is 16.9. The van der Waals surface area contributed by atoms with Crippen LogP contribution in [-0.2, 0) is 11.2 Å². The van der Waals surface area contributed by atoms with Gasteiger partial charge in [-0.25, -0.2) is 9.37 Å². The van der Waals surface area contributed by atoms with E-state index in [1.807, 2.05) is 35.9 Å². The average molecular weight is 358 g/mol. The van der Waals surface area contributed by atoms with E-state index in [-0.39, 0.29) is 18.1 Å². The summed E-state index contributed by atoms with van der Waals surface area (Å²) < 4.78 is 13.1. The summed E-state index contributed by atoms with van der Waals surface area (Å²) in [6.45, 7) is 0. The van der Waals surface area contributed by atoms with Gasteiger partial charge in [-0.3, -0.25) is 4.79 Å². The van der Waals surface area contributed by atoms with Crippen LogP contribution >= 0.6 is 23.1 Å². The van der Waals surface area contributed by atoms with Crippen molar-refractivity contribution in [1.29, 1.82) is 0 Å². The molecule has 2 aromatic carbocycles. The van der Waals surface area contributed by atoms with Gasteiger partial charge >= 0.3 is 0 Å². The molecule has 3 aromatic rings. The van der Waals surface area contributed by atoms with Crippen molar-refractivity contribution < 1.29 is 9.18 Å². The van der Waals surface area contributed by atoms with Crippen LogP contribution in [0.5, 0.6) is 0 Å². The SMILES string of the molecule is CSc1ccc(-c2csc(NC(=O)Cc3cccc(F)c3)n2)cc1. The van der Waals surface area contributed by atoms with E-state index in [1.165, 1.54) is 28.4 Å². The predicted octanol–water partition coefficient (Wildman–Crippen LogP) is 4.85. The van der Waals surface area contributed by atoms with E-state index in [9.17, 15) is 9.18 Å². The monoisotopic (exact) mass is 358 g/mol. The molecule has 0 fully saturated rings. The first kappa shape index (κ1) is 16.7. The zero-order valence-electron chi connectivity index (χ0n) is 13.0. The Morgan fingerprint density at radius 3 is 2.75 bits per heavy atom. The van der Waals surface area contributed by atoms with E-state index in [0.717, 1.165) is 11.3 Å². The summed E-state index contributed by atoms with van der Waals surface area (Å²) in [5.41, 5.74) is 2.47. The highest BCUT2D eigenvalue weighted by Crippen LogP contribution is 2.26. The number of nitrogens with zero attached hydrogens (tertiary/aromatic N) is 1. The molecule has 1 amide bonds. The van der Waals surface area contributed by atoms with Crippen LogP contribution in [0.1, 0.15) is 5.56 Å². The Morgan fingerprint density at radius 1 is 1.25 bits per heavy atom. The van der Waals surface area contributed by atoms with Crippen molar-refractivity contribution in [2.24, 2.45) is 0 Å². The van der Waals surface area contributed by atoms with Gasteiger partial charge in [0.05, 0.1) is 12.1 Å². The van der Waals surface area contributed by atoms with Crippen LogP contribution in [0.15, 0.2) is 58.8 Å². The number of nitrogens with one attached hydrogen (secondary N) is 1. The Hall–Kier alpha value is -2.18. The number of thiazole rings is 1. The lowest BCUT2D eigenvalue weighted by Crippen LogP contribution is -2.14. The number of halogens is 1. The molecule has 1 aromatic heterocycles. The number of aromatic nitrogens is 1. The molecule has 0 unspecified atom stereocenters. The molecule has 0 spiro atoms. The van der Waals surface area contributed by atoms with Crippen LogP contribution in [0.3, 0.4) is 0 Å². The summed E-state index contributed by atoms with van der Waals surface area (Å²) in [7, 11) is 0. The van der Waals surface area contributed by atoms with Gasteiger partial charge in [0.25, 0.3) is 0 Å². The third-order valence-corrected chi connectivity index (χ3v) is 4.89. The molecule has 0 saturated carbocycles. The average Bonchev–Trinajstić information content (AvgIpc) is 3.03. The first-order chi connectivity index (χ1) is 11.6. The minimum Gasteiger partial charge on any atom is -0.302 e. The Bertz CT molecular complexity index is 846. The Balaban J connectivity index is 1.65. The first-order valence-electron chi connectivity index (χ1n) is 7.28. The van der Waals surface area contributed by atoms with Gasteiger partial charge in [0.2, 0.25) is 5.91 Å². The molecule has 0 atom stereocenters. The Morgan fingerprint density at radius 2 is 2.04 bits per heavy atom. The minimum absolute atomic E-state index is 0.120. The second-order valence-electron chi connectivity index (χ2n) is 5.12. The van der Waals surface area contributed by atoms with Crippen LogP contribution in [0.25, 0.3) is 11.3 Å². The number of amides is 1. The molecule has 122 valence electrons. The minimum atomic E-state index is -0.342. The molecule has 0 aliphatic carbocycles. The number of hydrogen-bond donors (Lipinski definition) is 1. The highest BCUT2D eigenvalue weighted by molar-refractivity contribution is 7.98. The summed E-state index contributed by atoms with van der Waals surface area (Å²) in [5, 5.41) is 5.22. The lowest BCUT2D eigenvalue weighted by Gasteiger charge is -2.02. The van der Waals surface area contributed by atoms with Crippen molar-refractivity contribution >= 4 is 34.1 Å². The lowest BCUT2D eigenvalue weighted by molar-refractivity contribution is -0.115. The van der Waals surface area contributed by atoms with Crippen LogP contribution in [0.2, 0.25) is 0 Å². The van der Waals surface area contributed by atoms with E-state index >= 15 is 0 Å². The summed E-state index contributed by atoms with van der Waals surface area (Å²) in [5.74, 6) is -0.551. The molecule has 0 radical (unpaired) electrons. The summed E-state index contributed by atoms with van der Waals surface area (Å²) in [4.78, 5) is 17.7. The number of benzene rings is 2. The van der Waals surface area contributed by atoms with E-state index in [4.69, 9.17) is 0 Å². The molecular weight excluding hydrogens is 343 g/mol. The van der Waals surface area contributed by atoms with E-state index in [0.29, 0.717) is 10.7 Å². The van der Waals surface area contributed by atoms with Crippen molar-refractivity contribution in [3.8, 4) is 11.3 Å². The summed E-state index contributed by atoms with van der Waals surface area (Å²) in [6.07, 6.45) is 2.15. The van der Waals surface area contributed by atoms with E-state index in [2.05, 4.69) is 10.3 Å². The van der Waals surface area contributed by atoms with Gasteiger partial charge in [-0.05, 0) is 36.1 Å². The van der Waals surface area contributed by atoms with Crippen molar-refractivity contribution in [3.63, 3.8) is 0 Å². The van der Waals surface area contributed by atoms with Gasteiger partial charge in [0, 0.05) is 15.8 Å². The maximum Gasteiger partial charge on any atom is 0.230 e. The van der Waals surface area contributed by atoms with Gasteiger partial charge in [-0.15, -0.1) is 23.1 Å². The normalized spacial score (nSPS) is 10.6. The lowest BCUT2D eigenvalue weighted by atomic mass is 10.1. The van der Waals surface area contributed by atoms with Gasteiger partial charge in [-0.1, -0.05) is 24.3 Å². The molecule has 3 rings (SSSR count). The highest BCUT2D eigenvalue weighted by atomic mass is 32.2. The largest absolute Gasteiger partial charge is 0.302 e. The molecular formula is C18H15FN2OS2. The highest BCUT2D eigenvalue weighted by Gasteiger charge is 2.09. The van der Waals surface area contributed by atoms with Crippen molar-refractivity contribution in [2.75, 3.05) is 11.6 Å². The predicted molar refractivity (Wildman–Crippen MR) is 98.1 cm³/mol. The van der Waals surface area contributed by atoms with Gasteiger partial charge < -0.3 is 5.32 Å². The maximum atomic E-state index is 13.1. The van der Waals surface area contributed by atoms with Gasteiger partial charge in [0.15, 0.2) is 5.13 Å². The third-order valence-electron chi connectivity index (χ3n) is 3.39. The molecule has 1 heterocycles. The van der Waals surface area contributed by atoms with Crippen molar-refractivity contribution in [3.05, 3.63) is 65.3 Å². The molecule has 0 aliphatic heterocycles. The zero-order valence-corrected chi connectivity index (χ0v) is 14.6. The van der Waals surface area contributed by atoms with Gasteiger partial charge in [0.1, 0.15) is 5.82 Å². The quantitative estimate of drug-likeness (QED) is 0.663. The fraction of sp³-hybridized carbons (Fsp3) is 0.111. The number of carbonyl (C=O) groups excluding carboxylic acids is 1. The van der Waals surface area contributed by atoms with Crippen LogP contribution in [-0.4, -0.2) is 17.1 Å². The van der Waals surface area contributed by atoms with Crippen LogP contribution < -0.4 is 5.32 Å². The second kappa shape index (κ2) is 7.59. The molecule has 6 heteroatoms. The number of rotatable bonds is 5. The maximum absolute atomic E-state index is 13.1. The van der Waals surface area contributed by atoms with Crippen LogP contribution in [0.4, 0.5) is 9.52 Å². The fourth-order valence-corrected chi connectivity index (χ4v) is 3.37. The molecule has 24 heavy (non-hydrogen) atoms. The molecule has 0 aliphatic rings. The van der Waals surface area contributed by atoms with E-state index < -0.39 is 0 Å². The third kappa shape index (κ3) is 4.21. The topological polar surface area (TPSA) is 42.0 Å². The van der Waals surface area contributed by atoms with Crippen molar-refractivity contribution in [1.82, 2.24) is 4.98 Å². The molecule has 1 N–H and O–H groups in total. The van der Waals surface area contributed by atoms with Crippen molar-refractivity contribution in [2.45, 2.75) is 11.3 Å². The number of anilines is 1. The van der Waals surface area contributed by atoms with Gasteiger partial charge in [-0.2, -0.15) is 0 Å². The van der Waals surface area contributed by atoms with E-state index in [1.54, 1.807) is 23.9 Å². The second-order valence-corrected chi connectivity index (χ2v) is 6.86. The standard InChI is InChI=1S/C18H15FN2OS2/c1-23-15-7-5-13(6-8-15)16-11-24-18(20-16)21-17(22)10-12-3-2-4-14(19)9-12/h2-9,11H,10H2,1H3,(H,20,21,22). The smallest absolute Gasteiger partial charge is 0.230 e. The Kier molecular flexibility index (Phi) is 5.27.